The molecule has 17 heavy (non-hydrogen) atoms. The van der Waals surface area contributed by atoms with Crippen molar-refractivity contribution in [3.63, 3.8) is 0 Å². The monoisotopic (exact) mass is 231 g/mol. The summed E-state index contributed by atoms with van der Waals surface area (Å²) in [6, 6.07) is 8.47. The van der Waals surface area contributed by atoms with E-state index in [2.05, 4.69) is 10.3 Å². The lowest BCUT2D eigenvalue weighted by atomic mass is 10.2. The van der Waals surface area contributed by atoms with E-state index >= 15 is 0 Å². The van der Waals surface area contributed by atoms with Crippen LogP contribution in [0.25, 0.3) is 0 Å². The Kier molecular flexibility index (Phi) is 2.95. The van der Waals surface area contributed by atoms with Gasteiger partial charge in [0, 0.05) is 5.69 Å². The first-order chi connectivity index (χ1) is 8.08. The van der Waals surface area contributed by atoms with Gasteiger partial charge in [-0.3, -0.25) is 0 Å². The molecule has 0 aliphatic heterocycles. The molecule has 0 aliphatic rings. The molecule has 88 valence electrons. The fraction of sp³-hybridized carbons (Fsp3) is 0.154. The molecule has 0 radical (unpaired) electrons. The fourth-order valence-electron chi connectivity index (χ4n) is 1.58. The summed E-state index contributed by atoms with van der Waals surface area (Å²) < 4.78 is 13.6. The second-order valence-electron chi connectivity index (χ2n) is 3.95. The maximum atomic E-state index is 13.6. The van der Waals surface area contributed by atoms with Gasteiger partial charge in [0.25, 0.3) is 0 Å². The summed E-state index contributed by atoms with van der Waals surface area (Å²) in [5, 5.41) is 2.94. The molecule has 2 aromatic rings. The molecule has 3 nitrogen and oxygen atoms in total. The van der Waals surface area contributed by atoms with Gasteiger partial charge in [0.1, 0.15) is 5.82 Å². The number of aryl methyl sites for hydroxylation is 2. The Morgan fingerprint density at radius 1 is 1.18 bits per heavy atom. The normalized spacial score (nSPS) is 10.3. The van der Waals surface area contributed by atoms with Crippen LogP contribution in [-0.4, -0.2) is 4.98 Å². The lowest BCUT2D eigenvalue weighted by Gasteiger charge is -2.12. The number of nitrogens with zero attached hydrogens (tertiary/aromatic N) is 1. The van der Waals surface area contributed by atoms with Crippen LogP contribution in [-0.2, 0) is 0 Å². The van der Waals surface area contributed by atoms with Crippen molar-refractivity contribution in [2.45, 2.75) is 13.8 Å². The van der Waals surface area contributed by atoms with Gasteiger partial charge in [0.15, 0.2) is 5.82 Å². The zero-order valence-electron chi connectivity index (χ0n) is 9.79. The highest BCUT2D eigenvalue weighted by atomic mass is 19.1. The van der Waals surface area contributed by atoms with Gasteiger partial charge < -0.3 is 11.1 Å². The number of halogens is 1. The van der Waals surface area contributed by atoms with Gasteiger partial charge in [0.2, 0.25) is 0 Å². The third kappa shape index (κ3) is 2.36. The van der Waals surface area contributed by atoms with E-state index in [1.54, 1.807) is 12.1 Å². The van der Waals surface area contributed by atoms with E-state index < -0.39 is 0 Å². The standard InChI is InChI=1S/C13H14FN3/c1-8-4-3-5-10(14)12(8)17-13-11(15)7-6-9(2)16-13/h3-7H,15H2,1-2H3,(H,16,17). The van der Waals surface area contributed by atoms with Crippen molar-refractivity contribution >= 4 is 17.2 Å². The van der Waals surface area contributed by atoms with E-state index in [1.807, 2.05) is 26.0 Å². The highest BCUT2D eigenvalue weighted by molar-refractivity contribution is 5.70. The number of nitrogen functional groups attached to an aromatic ring is 1. The van der Waals surface area contributed by atoms with E-state index in [4.69, 9.17) is 5.73 Å². The van der Waals surface area contributed by atoms with Crippen LogP contribution in [0.2, 0.25) is 0 Å². The lowest BCUT2D eigenvalue weighted by Crippen LogP contribution is -2.03. The first-order valence-corrected chi connectivity index (χ1v) is 5.33. The van der Waals surface area contributed by atoms with E-state index in [1.165, 1.54) is 6.07 Å². The van der Waals surface area contributed by atoms with Crippen molar-refractivity contribution in [3.8, 4) is 0 Å². The first kappa shape index (κ1) is 11.4. The highest BCUT2D eigenvalue weighted by Gasteiger charge is 2.08. The SMILES string of the molecule is Cc1ccc(N)c(Nc2c(C)cccc2F)n1. The van der Waals surface area contributed by atoms with Crippen molar-refractivity contribution in [2.24, 2.45) is 0 Å². The number of benzene rings is 1. The third-order valence-corrected chi connectivity index (χ3v) is 2.53. The Labute approximate surface area is 99.5 Å². The Morgan fingerprint density at radius 2 is 1.94 bits per heavy atom. The van der Waals surface area contributed by atoms with Gasteiger partial charge >= 0.3 is 0 Å². The van der Waals surface area contributed by atoms with Gasteiger partial charge in [-0.15, -0.1) is 0 Å². The Balaban J connectivity index is 2.41. The number of pyridine rings is 1. The number of anilines is 3. The zero-order valence-corrected chi connectivity index (χ0v) is 9.79. The number of aromatic nitrogens is 1. The molecule has 2 rings (SSSR count). The summed E-state index contributed by atoms with van der Waals surface area (Å²) in [5.41, 5.74) is 8.34. The number of rotatable bonds is 2. The Hall–Kier alpha value is -2.10. The van der Waals surface area contributed by atoms with Crippen LogP contribution >= 0.6 is 0 Å². The van der Waals surface area contributed by atoms with E-state index in [0.717, 1.165) is 11.3 Å². The molecule has 0 spiro atoms. The molecule has 3 N–H and O–H groups in total. The summed E-state index contributed by atoms with van der Waals surface area (Å²) in [6.45, 7) is 3.69. The lowest BCUT2D eigenvalue weighted by molar-refractivity contribution is 0.631. The van der Waals surface area contributed by atoms with Crippen LogP contribution in [0.15, 0.2) is 30.3 Å². The van der Waals surface area contributed by atoms with Crippen LogP contribution < -0.4 is 11.1 Å². The number of hydrogen-bond donors (Lipinski definition) is 2. The first-order valence-electron chi connectivity index (χ1n) is 5.33. The summed E-state index contributed by atoms with van der Waals surface area (Å²) in [6.07, 6.45) is 0. The maximum Gasteiger partial charge on any atom is 0.153 e. The Morgan fingerprint density at radius 3 is 2.65 bits per heavy atom. The van der Waals surface area contributed by atoms with Crippen molar-refractivity contribution in [1.29, 1.82) is 0 Å². The summed E-state index contributed by atoms with van der Waals surface area (Å²) in [7, 11) is 0. The minimum Gasteiger partial charge on any atom is -0.396 e. The van der Waals surface area contributed by atoms with Crippen molar-refractivity contribution in [1.82, 2.24) is 4.98 Å². The zero-order chi connectivity index (χ0) is 12.4. The average Bonchev–Trinajstić information content (AvgIpc) is 2.28. The topological polar surface area (TPSA) is 50.9 Å². The largest absolute Gasteiger partial charge is 0.396 e. The summed E-state index contributed by atoms with van der Waals surface area (Å²) in [5.74, 6) is 0.172. The van der Waals surface area contributed by atoms with Crippen molar-refractivity contribution in [2.75, 3.05) is 11.1 Å². The predicted molar refractivity (Wildman–Crippen MR) is 67.8 cm³/mol. The molecule has 1 aromatic carbocycles. The van der Waals surface area contributed by atoms with Crippen LogP contribution in [0, 0.1) is 19.7 Å². The van der Waals surface area contributed by atoms with Crippen LogP contribution in [0.1, 0.15) is 11.3 Å². The van der Waals surface area contributed by atoms with Crippen molar-refractivity contribution < 1.29 is 4.39 Å². The van der Waals surface area contributed by atoms with E-state index in [9.17, 15) is 4.39 Å². The second kappa shape index (κ2) is 4.41. The van der Waals surface area contributed by atoms with Crippen LogP contribution in [0.3, 0.4) is 0 Å². The highest BCUT2D eigenvalue weighted by Crippen LogP contribution is 2.25. The molecule has 0 amide bonds. The minimum atomic E-state index is -0.312. The summed E-state index contributed by atoms with van der Waals surface area (Å²) >= 11 is 0. The molecule has 0 aliphatic carbocycles. The van der Waals surface area contributed by atoms with Crippen molar-refractivity contribution in [3.05, 3.63) is 47.4 Å². The second-order valence-corrected chi connectivity index (χ2v) is 3.95. The molecular formula is C13H14FN3. The molecule has 0 saturated carbocycles. The molecule has 0 bridgehead atoms. The van der Waals surface area contributed by atoms with E-state index in [-0.39, 0.29) is 5.82 Å². The molecular weight excluding hydrogens is 217 g/mol. The molecule has 0 atom stereocenters. The molecule has 0 unspecified atom stereocenters. The number of nitrogens with two attached hydrogens (primary N) is 1. The smallest absolute Gasteiger partial charge is 0.153 e. The van der Waals surface area contributed by atoms with Crippen LogP contribution in [0.4, 0.5) is 21.6 Å². The van der Waals surface area contributed by atoms with Crippen LogP contribution in [0.5, 0.6) is 0 Å². The molecule has 0 saturated heterocycles. The fourth-order valence-corrected chi connectivity index (χ4v) is 1.58. The minimum absolute atomic E-state index is 0.312. The number of hydrogen-bond acceptors (Lipinski definition) is 3. The average molecular weight is 231 g/mol. The molecule has 0 fully saturated rings. The summed E-state index contributed by atoms with van der Waals surface area (Å²) in [4.78, 5) is 4.25. The predicted octanol–water partition coefficient (Wildman–Crippen LogP) is 3.16. The van der Waals surface area contributed by atoms with E-state index in [0.29, 0.717) is 17.2 Å². The van der Waals surface area contributed by atoms with Gasteiger partial charge in [-0.2, -0.15) is 0 Å². The van der Waals surface area contributed by atoms with Gasteiger partial charge in [-0.25, -0.2) is 9.37 Å². The van der Waals surface area contributed by atoms with Gasteiger partial charge in [-0.05, 0) is 37.6 Å². The quantitative estimate of drug-likeness (QED) is 0.834. The number of nitrogens with one attached hydrogen (secondary N) is 1. The molecule has 1 aromatic heterocycles. The molecule has 4 heteroatoms. The maximum absolute atomic E-state index is 13.6. The molecule has 1 heterocycles. The van der Waals surface area contributed by atoms with Gasteiger partial charge in [0.05, 0.1) is 11.4 Å². The Bertz CT molecular complexity index is 532. The number of para-hydroxylation sites is 1. The third-order valence-electron chi connectivity index (χ3n) is 2.53. The van der Waals surface area contributed by atoms with Gasteiger partial charge in [-0.1, -0.05) is 12.1 Å².